The Hall–Kier alpha value is -1.40. The summed E-state index contributed by atoms with van der Waals surface area (Å²) in [5.41, 5.74) is 1.68. The molecule has 1 heterocycles. The molecule has 7 heteroatoms. The third-order valence-electron chi connectivity index (χ3n) is 3.87. The van der Waals surface area contributed by atoms with E-state index in [0.717, 1.165) is 23.6 Å². The second-order valence-electron chi connectivity index (χ2n) is 5.89. The van der Waals surface area contributed by atoms with Gasteiger partial charge in [0.15, 0.2) is 0 Å². The largest absolute Gasteiger partial charge is 0.487 e. The minimum Gasteiger partial charge on any atom is -0.487 e. The Morgan fingerprint density at radius 2 is 2.12 bits per heavy atom. The fourth-order valence-electron chi connectivity index (χ4n) is 2.66. The molecular formula is C19H22Cl2N2O2S. The maximum absolute atomic E-state index is 12.3. The number of halogens is 2. The highest BCUT2D eigenvalue weighted by molar-refractivity contribution is 7.99. The zero-order chi connectivity index (χ0) is 17.5. The number of benzene rings is 2. The van der Waals surface area contributed by atoms with Crippen LogP contribution < -0.4 is 15.4 Å². The quantitative estimate of drug-likeness (QED) is 0.738. The van der Waals surface area contributed by atoms with Crippen molar-refractivity contribution in [2.75, 3.05) is 23.4 Å². The number of hydrogen-bond donors (Lipinski definition) is 2. The molecule has 0 spiro atoms. The van der Waals surface area contributed by atoms with Crippen LogP contribution in [0.2, 0.25) is 5.02 Å². The number of amides is 1. The Balaban J connectivity index is 0.00000243. The van der Waals surface area contributed by atoms with Gasteiger partial charge in [0.1, 0.15) is 12.4 Å². The number of hydrogen-bond acceptors (Lipinski definition) is 4. The molecule has 1 aliphatic heterocycles. The molecule has 1 fully saturated rings. The van der Waals surface area contributed by atoms with Crippen LogP contribution in [0.1, 0.15) is 12.0 Å². The van der Waals surface area contributed by atoms with Gasteiger partial charge in [-0.25, -0.2) is 0 Å². The monoisotopic (exact) mass is 412 g/mol. The van der Waals surface area contributed by atoms with Crippen LogP contribution in [0.25, 0.3) is 0 Å². The van der Waals surface area contributed by atoms with Gasteiger partial charge >= 0.3 is 0 Å². The third-order valence-corrected chi connectivity index (χ3v) is 5.24. The van der Waals surface area contributed by atoms with E-state index in [2.05, 4.69) is 10.6 Å². The molecule has 0 aliphatic carbocycles. The lowest BCUT2D eigenvalue weighted by Gasteiger charge is -2.22. The summed E-state index contributed by atoms with van der Waals surface area (Å²) >= 11 is 7.88. The molecule has 140 valence electrons. The Morgan fingerprint density at radius 3 is 2.88 bits per heavy atom. The molecule has 26 heavy (non-hydrogen) atoms. The van der Waals surface area contributed by atoms with Gasteiger partial charge in [-0.1, -0.05) is 35.9 Å². The molecule has 0 saturated carbocycles. The molecule has 1 unspecified atom stereocenters. The van der Waals surface area contributed by atoms with Crippen LogP contribution in [0, 0.1) is 0 Å². The minimum absolute atomic E-state index is 0. The van der Waals surface area contributed by atoms with E-state index in [-0.39, 0.29) is 24.4 Å². The topological polar surface area (TPSA) is 50.4 Å². The molecule has 1 aliphatic rings. The molecule has 2 aromatic carbocycles. The molecule has 2 aromatic rings. The molecule has 3 rings (SSSR count). The van der Waals surface area contributed by atoms with Gasteiger partial charge in [-0.05, 0) is 29.8 Å². The van der Waals surface area contributed by atoms with Gasteiger partial charge in [-0.3, -0.25) is 4.79 Å². The number of carbonyl (C=O) groups excluding carboxylic acids is 1. The van der Waals surface area contributed by atoms with Gasteiger partial charge in [-0.2, -0.15) is 11.8 Å². The number of carbonyl (C=O) groups is 1. The molecular weight excluding hydrogens is 391 g/mol. The molecule has 2 N–H and O–H groups in total. The number of nitrogens with one attached hydrogen (secondary N) is 2. The number of thioether (sulfide) groups is 1. The van der Waals surface area contributed by atoms with Crippen molar-refractivity contribution >= 4 is 47.4 Å². The highest BCUT2D eigenvalue weighted by atomic mass is 35.5. The molecule has 1 saturated heterocycles. The highest BCUT2D eigenvalue weighted by Crippen LogP contribution is 2.25. The van der Waals surface area contributed by atoms with E-state index in [1.54, 1.807) is 0 Å². The van der Waals surface area contributed by atoms with Crippen molar-refractivity contribution in [1.82, 2.24) is 5.32 Å². The summed E-state index contributed by atoms with van der Waals surface area (Å²) in [5.74, 6) is 2.74. The van der Waals surface area contributed by atoms with E-state index < -0.39 is 0 Å². The number of ether oxygens (including phenoxy) is 1. The maximum Gasteiger partial charge on any atom is 0.226 e. The van der Waals surface area contributed by atoms with Gasteiger partial charge in [0.05, 0.1) is 5.69 Å². The van der Waals surface area contributed by atoms with Crippen LogP contribution >= 0.6 is 35.8 Å². The summed E-state index contributed by atoms with van der Waals surface area (Å²) in [6.45, 7) is 1.36. The first-order chi connectivity index (χ1) is 12.2. The van der Waals surface area contributed by atoms with Crippen molar-refractivity contribution in [3.63, 3.8) is 0 Å². The number of rotatable bonds is 6. The van der Waals surface area contributed by atoms with Crippen molar-refractivity contribution in [1.29, 1.82) is 0 Å². The number of anilines is 1. The average molecular weight is 413 g/mol. The van der Waals surface area contributed by atoms with E-state index in [9.17, 15) is 4.79 Å². The highest BCUT2D eigenvalue weighted by Gasteiger charge is 2.17. The summed E-state index contributed by atoms with van der Waals surface area (Å²) in [6, 6.07) is 15.3. The van der Waals surface area contributed by atoms with Crippen LogP contribution in [0.5, 0.6) is 5.75 Å². The zero-order valence-corrected chi connectivity index (χ0v) is 16.6. The van der Waals surface area contributed by atoms with Crippen LogP contribution in [0.3, 0.4) is 0 Å². The van der Waals surface area contributed by atoms with Gasteiger partial charge in [0.25, 0.3) is 0 Å². The van der Waals surface area contributed by atoms with Gasteiger partial charge in [0.2, 0.25) is 5.91 Å². The molecule has 1 atom stereocenters. The van der Waals surface area contributed by atoms with Crippen LogP contribution in [-0.4, -0.2) is 30.0 Å². The molecule has 0 radical (unpaired) electrons. The van der Waals surface area contributed by atoms with E-state index in [1.165, 1.54) is 0 Å². The van der Waals surface area contributed by atoms with E-state index in [0.29, 0.717) is 29.5 Å². The standard InChI is InChI=1S/C19H21ClN2O2S.ClH/c20-15-5-3-4-14(10-15)12-24-18-7-2-1-6-17(18)22-19(23)11-16-13-25-9-8-21-16;/h1-7,10,16,21H,8-9,11-13H2,(H,22,23);1H. The summed E-state index contributed by atoms with van der Waals surface area (Å²) in [5, 5.41) is 7.02. The van der Waals surface area contributed by atoms with Crippen molar-refractivity contribution in [3.8, 4) is 5.75 Å². The fraction of sp³-hybridized carbons (Fsp3) is 0.316. The van der Waals surface area contributed by atoms with Crippen molar-refractivity contribution in [3.05, 3.63) is 59.1 Å². The van der Waals surface area contributed by atoms with Gasteiger partial charge in [-0.15, -0.1) is 12.4 Å². The van der Waals surface area contributed by atoms with E-state index in [1.807, 2.05) is 60.3 Å². The minimum atomic E-state index is -0.00111. The molecule has 4 nitrogen and oxygen atoms in total. The van der Waals surface area contributed by atoms with Crippen LogP contribution in [0.4, 0.5) is 5.69 Å². The molecule has 1 amide bonds. The summed E-state index contributed by atoms with van der Waals surface area (Å²) in [4.78, 5) is 12.3. The lowest BCUT2D eigenvalue weighted by atomic mass is 10.2. The van der Waals surface area contributed by atoms with E-state index in [4.69, 9.17) is 16.3 Å². The first-order valence-electron chi connectivity index (χ1n) is 8.28. The normalized spacial score (nSPS) is 16.4. The van der Waals surface area contributed by atoms with Crippen molar-refractivity contribution in [2.24, 2.45) is 0 Å². The SMILES string of the molecule is Cl.O=C(CC1CSCCN1)Nc1ccccc1OCc1cccc(Cl)c1. The maximum atomic E-state index is 12.3. The summed E-state index contributed by atoms with van der Waals surface area (Å²) < 4.78 is 5.88. The predicted octanol–water partition coefficient (Wildman–Crippen LogP) is 4.37. The zero-order valence-electron chi connectivity index (χ0n) is 14.2. The molecule has 0 bridgehead atoms. The second-order valence-corrected chi connectivity index (χ2v) is 7.48. The smallest absolute Gasteiger partial charge is 0.226 e. The van der Waals surface area contributed by atoms with Gasteiger partial charge in [0, 0.05) is 35.5 Å². The average Bonchev–Trinajstić information content (AvgIpc) is 2.62. The first-order valence-corrected chi connectivity index (χ1v) is 9.81. The first kappa shape index (κ1) is 20.9. The third kappa shape index (κ3) is 6.40. The van der Waals surface area contributed by atoms with Crippen molar-refractivity contribution < 1.29 is 9.53 Å². The Kier molecular flexibility index (Phi) is 8.59. The van der Waals surface area contributed by atoms with Crippen molar-refractivity contribution in [2.45, 2.75) is 19.1 Å². The lowest BCUT2D eigenvalue weighted by molar-refractivity contribution is -0.116. The summed E-state index contributed by atoms with van der Waals surface area (Å²) in [7, 11) is 0. The van der Waals surface area contributed by atoms with E-state index >= 15 is 0 Å². The number of para-hydroxylation sites is 2. The molecule has 0 aromatic heterocycles. The Morgan fingerprint density at radius 1 is 1.27 bits per heavy atom. The summed E-state index contributed by atoms with van der Waals surface area (Å²) in [6.07, 6.45) is 0.468. The Labute approximate surface area is 169 Å². The predicted molar refractivity (Wildman–Crippen MR) is 112 cm³/mol. The fourth-order valence-corrected chi connectivity index (χ4v) is 3.82. The lowest BCUT2D eigenvalue weighted by Crippen LogP contribution is -2.39. The van der Waals surface area contributed by atoms with Gasteiger partial charge < -0.3 is 15.4 Å². The van der Waals surface area contributed by atoms with Crippen LogP contribution in [-0.2, 0) is 11.4 Å². The van der Waals surface area contributed by atoms with Crippen LogP contribution in [0.15, 0.2) is 48.5 Å². The Bertz CT molecular complexity index is 724. The second kappa shape index (κ2) is 10.7.